The van der Waals surface area contributed by atoms with Crippen LogP contribution in [-0.2, 0) is 40.0 Å². The molecule has 90 valence electrons. The summed E-state index contributed by atoms with van der Waals surface area (Å²) in [5.41, 5.74) is 0. The lowest BCUT2D eigenvalue weighted by Gasteiger charge is -1.99. The first-order chi connectivity index (χ1) is 7.41. The average Bonchev–Trinajstić information content (AvgIpc) is 2.26. The SMILES string of the molecule is C=COOOOOOOOCCCCC. The maximum Gasteiger partial charge on any atom is 0.125 e. The van der Waals surface area contributed by atoms with E-state index in [9.17, 15) is 0 Å². The van der Waals surface area contributed by atoms with E-state index in [0.717, 1.165) is 25.5 Å². The van der Waals surface area contributed by atoms with Crippen LogP contribution in [0.1, 0.15) is 26.2 Å². The summed E-state index contributed by atoms with van der Waals surface area (Å²) in [7, 11) is 0. The van der Waals surface area contributed by atoms with E-state index in [4.69, 9.17) is 0 Å². The highest BCUT2D eigenvalue weighted by Crippen LogP contribution is 1.95. The number of rotatable bonds is 12. The highest BCUT2D eigenvalue weighted by atomic mass is 17.9. The van der Waals surface area contributed by atoms with E-state index in [2.05, 4.69) is 53.5 Å². The minimum Gasteiger partial charge on any atom is -0.315 e. The van der Waals surface area contributed by atoms with Crippen molar-refractivity contribution in [3.63, 3.8) is 0 Å². The van der Waals surface area contributed by atoms with E-state index in [-0.39, 0.29) is 0 Å². The largest absolute Gasteiger partial charge is 0.315 e. The van der Waals surface area contributed by atoms with Gasteiger partial charge in [-0.15, -0.1) is 0 Å². The first-order valence-corrected chi connectivity index (χ1v) is 4.31. The molecule has 0 aliphatic carbocycles. The molecule has 0 aromatic carbocycles. The lowest BCUT2D eigenvalue weighted by Crippen LogP contribution is -2.02. The van der Waals surface area contributed by atoms with Crippen molar-refractivity contribution >= 4 is 0 Å². The quantitative estimate of drug-likeness (QED) is 0.216. The number of unbranched alkanes of at least 4 members (excludes halogenated alkanes) is 2. The molecule has 8 heteroatoms. The molecule has 0 radical (unpaired) electrons. The Kier molecular flexibility index (Phi) is 12.6. The molecular weight excluding hydrogens is 212 g/mol. The third-order valence-electron chi connectivity index (χ3n) is 1.13. The number of hydrogen-bond acceptors (Lipinski definition) is 8. The van der Waals surface area contributed by atoms with Crippen LogP contribution in [0.5, 0.6) is 0 Å². The van der Waals surface area contributed by atoms with Crippen molar-refractivity contribution in [1.29, 1.82) is 0 Å². The molecule has 0 unspecified atom stereocenters. The molecule has 0 saturated carbocycles. The Hall–Kier alpha value is -0.740. The van der Waals surface area contributed by atoms with Gasteiger partial charge in [0.25, 0.3) is 0 Å². The molecule has 0 saturated heterocycles. The highest BCUT2D eigenvalue weighted by Gasteiger charge is 1.94. The summed E-state index contributed by atoms with van der Waals surface area (Å²) in [6, 6.07) is 0. The topological polar surface area (TPSA) is 73.8 Å². The molecule has 0 atom stereocenters. The maximum atomic E-state index is 4.49. The van der Waals surface area contributed by atoms with E-state index >= 15 is 0 Å². The first kappa shape index (κ1) is 14.3. The third kappa shape index (κ3) is 13.3. The van der Waals surface area contributed by atoms with Gasteiger partial charge in [-0.3, -0.25) is 0 Å². The zero-order valence-corrected chi connectivity index (χ0v) is 8.38. The number of hydrogen-bond donors (Lipinski definition) is 0. The van der Waals surface area contributed by atoms with E-state index in [1.165, 1.54) is 0 Å². The Labute approximate surface area is 86.7 Å². The molecule has 0 aliphatic heterocycles. The summed E-state index contributed by atoms with van der Waals surface area (Å²) in [5.74, 6) is 0. The van der Waals surface area contributed by atoms with Gasteiger partial charge in [0.05, 0.1) is 6.61 Å². The zero-order valence-electron chi connectivity index (χ0n) is 8.38. The van der Waals surface area contributed by atoms with Crippen LogP contribution in [0.4, 0.5) is 0 Å². The van der Waals surface area contributed by atoms with Crippen LogP contribution >= 0.6 is 0 Å². The molecule has 0 heterocycles. The fraction of sp³-hybridized carbons (Fsp3) is 0.714. The minimum absolute atomic E-state index is 0.383. The Balaban J connectivity index is 2.83. The lowest BCUT2D eigenvalue weighted by molar-refractivity contribution is -0.811. The van der Waals surface area contributed by atoms with Gasteiger partial charge in [-0.25, -0.2) is 4.89 Å². The summed E-state index contributed by atoms with van der Waals surface area (Å²) in [5, 5.41) is 23.0. The molecule has 15 heavy (non-hydrogen) atoms. The summed E-state index contributed by atoms with van der Waals surface area (Å²) < 4.78 is 0. The first-order valence-electron chi connectivity index (χ1n) is 4.31. The molecule has 0 N–H and O–H groups in total. The predicted octanol–water partition coefficient (Wildman–Crippen LogP) is 1.86. The van der Waals surface area contributed by atoms with E-state index < -0.39 is 0 Å². The molecule has 0 aromatic heterocycles. The van der Waals surface area contributed by atoms with Crippen LogP contribution < -0.4 is 0 Å². The van der Waals surface area contributed by atoms with Crippen LogP contribution in [0, 0.1) is 0 Å². The predicted molar refractivity (Wildman–Crippen MR) is 43.3 cm³/mol. The normalized spacial score (nSPS) is 10.2. The van der Waals surface area contributed by atoms with Crippen molar-refractivity contribution < 1.29 is 40.0 Å². The van der Waals surface area contributed by atoms with E-state index in [1.807, 2.05) is 0 Å². The Morgan fingerprint density at radius 3 is 2.27 bits per heavy atom. The van der Waals surface area contributed by atoms with Gasteiger partial charge in [0.15, 0.2) is 0 Å². The van der Waals surface area contributed by atoms with E-state index in [1.54, 1.807) is 0 Å². The molecule has 0 amide bonds. The van der Waals surface area contributed by atoms with E-state index in [0.29, 0.717) is 6.61 Å². The second kappa shape index (κ2) is 13.3. The van der Waals surface area contributed by atoms with Crippen LogP contribution in [0.3, 0.4) is 0 Å². The fourth-order valence-corrected chi connectivity index (χ4v) is 0.554. The molecule has 0 spiro atoms. The molecule has 0 aliphatic rings. The lowest BCUT2D eigenvalue weighted by atomic mass is 10.3. The van der Waals surface area contributed by atoms with Crippen molar-refractivity contribution in [2.75, 3.05) is 6.61 Å². The average molecular weight is 226 g/mol. The third-order valence-corrected chi connectivity index (χ3v) is 1.13. The van der Waals surface area contributed by atoms with Gasteiger partial charge < -0.3 is 4.89 Å². The highest BCUT2D eigenvalue weighted by molar-refractivity contribution is 4.41. The second-order valence-corrected chi connectivity index (χ2v) is 2.20. The van der Waals surface area contributed by atoms with Crippen molar-refractivity contribution in [2.45, 2.75) is 26.2 Å². The minimum atomic E-state index is 0.383. The van der Waals surface area contributed by atoms with Gasteiger partial charge >= 0.3 is 0 Å². The Morgan fingerprint density at radius 2 is 1.60 bits per heavy atom. The molecule has 0 aromatic rings. The summed E-state index contributed by atoms with van der Waals surface area (Å²) in [6.45, 7) is 5.59. The Morgan fingerprint density at radius 1 is 0.933 bits per heavy atom. The molecule has 0 rings (SSSR count). The van der Waals surface area contributed by atoms with Gasteiger partial charge in [-0.2, -0.15) is 0 Å². The van der Waals surface area contributed by atoms with Gasteiger partial charge in [0.1, 0.15) is 6.26 Å². The van der Waals surface area contributed by atoms with Gasteiger partial charge in [-0.05, 0) is 21.5 Å². The van der Waals surface area contributed by atoms with Gasteiger partial charge in [0, 0.05) is 15.1 Å². The zero-order chi connectivity index (χ0) is 11.2. The van der Waals surface area contributed by atoms with Crippen LogP contribution in [0.15, 0.2) is 12.8 Å². The van der Waals surface area contributed by atoms with Crippen molar-refractivity contribution in [3.05, 3.63) is 12.8 Å². The van der Waals surface area contributed by atoms with Crippen molar-refractivity contribution in [3.8, 4) is 0 Å². The van der Waals surface area contributed by atoms with Crippen LogP contribution in [-0.4, -0.2) is 6.61 Å². The summed E-state index contributed by atoms with van der Waals surface area (Å²) in [4.78, 5) is 8.51. The van der Waals surface area contributed by atoms with Crippen molar-refractivity contribution in [2.24, 2.45) is 0 Å². The molecule has 8 nitrogen and oxygen atoms in total. The van der Waals surface area contributed by atoms with Gasteiger partial charge in [0.2, 0.25) is 0 Å². The fourth-order valence-electron chi connectivity index (χ4n) is 0.554. The standard InChI is InChI=1S/C7H14O8/c1-3-5-6-7-9-11-13-15-14-12-10-8-4-2/h4H,2-3,5-7H2,1H3. The molecular formula is C7H14O8. The Bertz CT molecular complexity index is 130. The summed E-state index contributed by atoms with van der Waals surface area (Å²) in [6.07, 6.45) is 3.93. The smallest absolute Gasteiger partial charge is 0.125 e. The van der Waals surface area contributed by atoms with Crippen LogP contribution in [0.2, 0.25) is 0 Å². The summed E-state index contributed by atoms with van der Waals surface area (Å²) >= 11 is 0. The molecule has 0 fully saturated rings. The molecule has 0 bridgehead atoms. The second-order valence-electron chi connectivity index (χ2n) is 2.20. The van der Waals surface area contributed by atoms with Crippen molar-refractivity contribution in [1.82, 2.24) is 0 Å². The van der Waals surface area contributed by atoms with Gasteiger partial charge in [-0.1, -0.05) is 26.3 Å². The maximum absolute atomic E-state index is 4.49. The van der Waals surface area contributed by atoms with Crippen LogP contribution in [0.25, 0.3) is 0 Å². The monoisotopic (exact) mass is 226 g/mol.